The van der Waals surface area contributed by atoms with E-state index in [1.54, 1.807) is 26.6 Å². The second kappa shape index (κ2) is 9.44. The van der Waals surface area contributed by atoms with Gasteiger partial charge in [-0.25, -0.2) is 18.4 Å². The highest BCUT2D eigenvalue weighted by Gasteiger charge is 2.41. The van der Waals surface area contributed by atoms with Gasteiger partial charge in [0.15, 0.2) is 17.4 Å². The van der Waals surface area contributed by atoms with Gasteiger partial charge in [0.25, 0.3) is 5.91 Å². The minimum absolute atomic E-state index is 0.0886. The zero-order chi connectivity index (χ0) is 27.6. The minimum atomic E-state index is -0.830. The SMILES string of the molecule is C=CC(=O)N1CCc2nn(-c3ccc(C4CC4)c(F)c3O)c3c2[C@H](C1)N(C(=O)c1cnc(Br)c(F)c1N)CC3. The van der Waals surface area contributed by atoms with E-state index in [1.807, 2.05) is 0 Å². The molecule has 3 N–H and O–H groups in total. The Morgan fingerprint density at radius 3 is 2.67 bits per heavy atom. The van der Waals surface area contributed by atoms with Crippen LogP contribution in [0.4, 0.5) is 14.5 Å². The zero-order valence-electron chi connectivity index (χ0n) is 20.8. The molecule has 0 spiro atoms. The maximum absolute atomic E-state index is 15.1. The van der Waals surface area contributed by atoms with Crippen LogP contribution in [0.25, 0.3) is 5.69 Å². The number of nitrogens with two attached hydrogens (primary N) is 1. The molecule has 3 aliphatic rings. The number of carbonyl (C=O) groups is 2. The molecule has 6 rings (SSSR count). The van der Waals surface area contributed by atoms with Crippen molar-refractivity contribution in [1.29, 1.82) is 0 Å². The third kappa shape index (κ3) is 4.08. The minimum Gasteiger partial charge on any atom is -0.503 e. The number of phenolic OH excluding ortho intramolecular Hbond substituents is 1. The van der Waals surface area contributed by atoms with Crippen molar-refractivity contribution in [2.75, 3.05) is 25.4 Å². The van der Waals surface area contributed by atoms with Crippen LogP contribution in [0.5, 0.6) is 5.75 Å². The first-order valence-electron chi connectivity index (χ1n) is 12.6. The topological polar surface area (TPSA) is 118 Å². The predicted molar refractivity (Wildman–Crippen MR) is 141 cm³/mol. The molecule has 12 heteroatoms. The molecule has 2 aliphatic heterocycles. The van der Waals surface area contributed by atoms with Gasteiger partial charge in [-0.1, -0.05) is 12.6 Å². The van der Waals surface area contributed by atoms with Crippen molar-refractivity contribution >= 4 is 33.4 Å². The fourth-order valence-electron chi connectivity index (χ4n) is 5.62. The van der Waals surface area contributed by atoms with Gasteiger partial charge in [-0.15, -0.1) is 0 Å². The molecular formula is C27H25BrF2N6O3. The van der Waals surface area contributed by atoms with Gasteiger partial charge in [0.05, 0.1) is 28.7 Å². The van der Waals surface area contributed by atoms with Crippen molar-refractivity contribution in [2.45, 2.75) is 37.6 Å². The third-order valence-electron chi connectivity index (χ3n) is 7.77. The highest BCUT2D eigenvalue weighted by molar-refractivity contribution is 9.10. The molecular weight excluding hydrogens is 574 g/mol. The summed E-state index contributed by atoms with van der Waals surface area (Å²) in [6, 6.07) is 2.73. The van der Waals surface area contributed by atoms with Gasteiger partial charge in [-0.05, 0) is 52.4 Å². The van der Waals surface area contributed by atoms with E-state index in [-0.39, 0.29) is 46.5 Å². The van der Waals surface area contributed by atoms with Crippen molar-refractivity contribution in [3.05, 3.63) is 75.3 Å². The standard InChI is InChI=1S/C27H25BrF2N6O3/c1-2-20(37)34-9-7-16-21-17(36(33-16)18-6-5-14(13-3-4-13)22(29)25(18)38)8-10-35(19(21)12-34)27(39)15-11-32-26(28)23(30)24(15)31/h2,5-6,11,13,19,38H,1,3-4,7-10,12H2,(H2,31,32)/t19-/m0/s1. The molecule has 4 heterocycles. The van der Waals surface area contributed by atoms with Crippen LogP contribution >= 0.6 is 15.9 Å². The molecule has 39 heavy (non-hydrogen) atoms. The van der Waals surface area contributed by atoms with Gasteiger partial charge in [-0.3, -0.25) is 9.59 Å². The van der Waals surface area contributed by atoms with E-state index >= 15 is 4.39 Å². The number of aromatic hydroxyl groups is 1. The number of benzene rings is 1. The first kappa shape index (κ1) is 25.5. The van der Waals surface area contributed by atoms with Crippen molar-refractivity contribution < 1.29 is 23.5 Å². The first-order valence-corrected chi connectivity index (χ1v) is 13.4. The van der Waals surface area contributed by atoms with Gasteiger partial charge in [0.1, 0.15) is 10.3 Å². The van der Waals surface area contributed by atoms with Gasteiger partial charge in [0, 0.05) is 44.2 Å². The predicted octanol–water partition coefficient (Wildman–Crippen LogP) is 3.78. The smallest absolute Gasteiger partial charge is 0.258 e. The van der Waals surface area contributed by atoms with Gasteiger partial charge in [-0.2, -0.15) is 5.10 Å². The molecule has 2 amide bonds. The van der Waals surface area contributed by atoms with E-state index in [2.05, 4.69) is 27.5 Å². The normalized spacial score (nSPS) is 18.5. The number of pyridine rings is 1. The Hall–Kier alpha value is -3.80. The van der Waals surface area contributed by atoms with Gasteiger partial charge < -0.3 is 20.6 Å². The molecule has 202 valence electrons. The largest absolute Gasteiger partial charge is 0.503 e. The molecule has 3 aromatic rings. The summed E-state index contributed by atoms with van der Waals surface area (Å²) in [6.07, 6.45) is 4.94. The van der Waals surface area contributed by atoms with Crippen molar-refractivity contribution in [3.8, 4) is 11.4 Å². The molecule has 0 bridgehead atoms. The lowest BCUT2D eigenvalue weighted by Gasteiger charge is -2.38. The van der Waals surface area contributed by atoms with Crippen LogP contribution in [-0.2, 0) is 17.6 Å². The van der Waals surface area contributed by atoms with Crippen LogP contribution in [0, 0.1) is 11.6 Å². The summed E-state index contributed by atoms with van der Waals surface area (Å²) in [5.74, 6) is -2.63. The molecule has 1 aromatic carbocycles. The molecule has 2 aromatic heterocycles. The lowest BCUT2D eigenvalue weighted by atomic mass is 9.94. The summed E-state index contributed by atoms with van der Waals surface area (Å²) in [5.41, 5.74) is 8.32. The number of hydrogen-bond acceptors (Lipinski definition) is 6. The molecule has 1 aliphatic carbocycles. The van der Waals surface area contributed by atoms with Crippen LogP contribution in [-0.4, -0.2) is 61.1 Å². The zero-order valence-corrected chi connectivity index (χ0v) is 22.4. The first-order chi connectivity index (χ1) is 18.7. The van der Waals surface area contributed by atoms with E-state index in [0.29, 0.717) is 36.3 Å². The van der Waals surface area contributed by atoms with E-state index in [1.165, 1.54) is 12.3 Å². The number of rotatable bonds is 4. The number of aromatic nitrogens is 3. The van der Waals surface area contributed by atoms with Crippen molar-refractivity contribution in [1.82, 2.24) is 24.6 Å². The number of phenols is 1. The maximum Gasteiger partial charge on any atom is 0.258 e. The maximum atomic E-state index is 15.1. The summed E-state index contributed by atoms with van der Waals surface area (Å²) in [4.78, 5) is 33.4. The Morgan fingerprint density at radius 1 is 1.18 bits per heavy atom. The van der Waals surface area contributed by atoms with E-state index in [0.717, 1.165) is 18.4 Å². The molecule has 0 saturated heterocycles. The summed E-state index contributed by atoms with van der Waals surface area (Å²) >= 11 is 2.98. The molecule has 1 atom stereocenters. The van der Waals surface area contributed by atoms with E-state index < -0.39 is 29.3 Å². The van der Waals surface area contributed by atoms with Crippen LogP contribution in [0.15, 0.2) is 35.6 Å². The average molecular weight is 599 g/mol. The van der Waals surface area contributed by atoms with E-state index in [4.69, 9.17) is 10.8 Å². The molecule has 1 saturated carbocycles. The Morgan fingerprint density at radius 2 is 1.95 bits per heavy atom. The highest BCUT2D eigenvalue weighted by atomic mass is 79.9. The highest BCUT2D eigenvalue weighted by Crippen LogP contribution is 2.45. The second-order valence-corrected chi connectivity index (χ2v) is 10.8. The molecule has 0 unspecified atom stereocenters. The Balaban J connectivity index is 1.45. The van der Waals surface area contributed by atoms with Gasteiger partial charge in [0.2, 0.25) is 5.91 Å². The van der Waals surface area contributed by atoms with Crippen LogP contribution in [0.1, 0.15) is 57.7 Å². The summed E-state index contributed by atoms with van der Waals surface area (Å²) in [5, 5.41) is 15.6. The number of carbonyl (C=O) groups excluding carboxylic acids is 2. The summed E-state index contributed by atoms with van der Waals surface area (Å²) in [7, 11) is 0. The van der Waals surface area contributed by atoms with Crippen LogP contribution < -0.4 is 5.73 Å². The number of anilines is 1. The number of nitrogen functional groups attached to an aromatic ring is 1. The number of nitrogens with zero attached hydrogens (tertiary/aromatic N) is 5. The second-order valence-electron chi connectivity index (χ2n) is 10.0. The number of halogens is 3. The van der Waals surface area contributed by atoms with Crippen LogP contribution in [0.3, 0.4) is 0 Å². The summed E-state index contributed by atoms with van der Waals surface area (Å²) in [6.45, 7) is 4.25. The van der Waals surface area contributed by atoms with Crippen LogP contribution in [0.2, 0.25) is 0 Å². The number of hydrogen-bond donors (Lipinski definition) is 2. The van der Waals surface area contributed by atoms with Crippen molar-refractivity contribution in [3.63, 3.8) is 0 Å². The number of amides is 2. The third-order valence-corrected chi connectivity index (χ3v) is 8.32. The fourth-order valence-corrected chi connectivity index (χ4v) is 5.93. The lowest BCUT2D eigenvalue weighted by Crippen LogP contribution is -2.46. The quantitative estimate of drug-likeness (QED) is 0.348. The van der Waals surface area contributed by atoms with Gasteiger partial charge >= 0.3 is 0 Å². The molecule has 9 nitrogen and oxygen atoms in total. The van der Waals surface area contributed by atoms with E-state index in [9.17, 15) is 19.1 Å². The average Bonchev–Trinajstić information content (AvgIpc) is 3.73. The summed E-state index contributed by atoms with van der Waals surface area (Å²) < 4.78 is 31.0. The lowest BCUT2D eigenvalue weighted by molar-refractivity contribution is -0.126. The molecule has 1 fully saturated rings. The Labute approximate surface area is 231 Å². The Kier molecular flexibility index (Phi) is 6.17. The Bertz CT molecular complexity index is 1550. The van der Waals surface area contributed by atoms with Crippen molar-refractivity contribution in [2.24, 2.45) is 0 Å². The monoisotopic (exact) mass is 598 g/mol. The molecule has 0 radical (unpaired) electrons. The fraction of sp³-hybridized carbons (Fsp3) is 0.333.